The van der Waals surface area contributed by atoms with Crippen LogP contribution in [-0.4, -0.2) is 5.91 Å². The zero-order valence-electron chi connectivity index (χ0n) is 15.6. The number of rotatable bonds is 2. The van der Waals surface area contributed by atoms with Crippen LogP contribution >= 0.6 is 22.9 Å². The normalized spacial score (nSPS) is 17.3. The van der Waals surface area contributed by atoms with Crippen molar-refractivity contribution in [3.63, 3.8) is 0 Å². The molecule has 0 bridgehead atoms. The quantitative estimate of drug-likeness (QED) is 0.644. The molecule has 0 spiro atoms. The minimum Gasteiger partial charge on any atom is -0.320 e. The highest BCUT2D eigenvalue weighted by atomic mass is 35.5. The van der Waals surface area contributed by atoms with Gasteiger partial charge in [0.15, 0.2) is 0 Å². The Labute approximate surface area is 159 Å². The maximum atomic E-state index is 12.9. The number of fused-ring (bicyclic) bond motifs is 1. The van der Waals surface area contributed by atoms with E-state index < -0.39 is 0 Å². The Morgan fingerprint density at radius 3 is 2.64 bits per heavy atom. The smallest absolute Gasteiger partial charge is 0.256 e. The van der Waals surface area contributed by atoms with Crippen LogP contribution in [-0.2, 0) is 12.8 Å². The molecular weight excluding hydrogens is 350 g/mol. The number of aryl methyl sites for hydroxylation is 2. The van der Waals surface area contributed by atoms with E-state index in [1.807, 2.05) is 31.4 Å². The van der Waals surface area contributed by atoms with Crippen LogP contribution in [0, 0.1) is 25.2 Å². The highest BCUT2D eigenvalue weighted by Crippen LogP contribution is 2.41. The monoisotopic (exact) mass is 375 g/mol. The molecule has 1 N–H and O–H groups in total. The molecule has 25 heavy (non-hydrogen) atoms. The molecule has 1 aromatic heterocycles. The molecule has 0 aliphatic heterocycles. The molecule has 1 unspecified atom stereocenters. The minimum atomic E-state index is -0.0411. The van der Waals surface area contributed by atoms with Gasteiger partial charge in [0, 0.05) is 10.3 Å². The van der Waals surface area contributed by atoms with E-state index >= 15 is 0 Å². The number of carbonyl (C=O) groups excluding carboxylic acids is 1. The summed E-state index contributed by atoms with van der Waals surface area (Å²) in [4.78, 5) is 14.2. The molecule has 0 saturated carbocycles. The summed E-state index contributed by atoms with van der Waals surface area (Å²) in [6.07, 6.45) is 3.23. The first kappa shape index (κ1) is 18.5. The van der Waals surface area contributed by atoms with Crippen molar-refractivity contribution in [2.24, 2.45) is 11.3 Å². The van der Waals surface area contributed by atoms with E-state index in [0.717, 1.165) is 41.6 Å². The largest absolute Gasteiger partial charge is 0.320 e. The molecule has 0 saturated heterocycles. The maximum absolute atomic E-state index is 12.9. The standard InChI is InChI=1S/C21H26ClNOS/c1-12-8-13(2)19(17(22)9-12)23-20(24)16-11-25-18-10-14(21(3,4)5)6-7-15(16)18/h8-9,11,14H,6-7,10H2,1-5H3,(H,23,24). The van der Waals surface area contributed by atoms with Gasteiger partial charge in [0.2, 0.25) is 0 Å². The number of hydrogen-bond acceptors (Lipinski definition) is 2. The van der Waals surface area contributed by atoms with Crippen LogP contribution < -0.4 is 5.32 Å². The molecule has 1 atom stereocenters. The molecular formula is C21H26ClNOS. The second-order valence-electron chi connectivity index (χ2n) is 8.25. The number of halogens is 1. The Balaban J connectivity index is 1.83. The molecule has 2 nitrogen and oxygen atoms in total. The number of amides is 1. The lowest BCUT2D eigenvalue weighted by molar-refractivity contribution is 0.102. The van der Waals surface area contributed by atoms with Crippen molar-refractivity contribution < 1.29 is 4.79 Å². The first-order valence-corrected chi connectivity index (χ1v) is 10.1. The number of anilines is 1. The highest BCUT2D eigenvalue weighted by molar-refractivity contribution is 7.10. The average Bonchev–Trinajstić information content (AvgIpc) is 2.93. The summed E-state index contributed by atoms with van der Waals surface area (Å²) >= 11 is 8.07. The average molecular weight is 376 g/mol. The topological polar surface area (TPSA) is 29.1 Å². The third kappa shape index (κ3) is 3.78. The third-order valence-corrected chi connectivity index (χ3v) is 6.64. The zero-order valence-corrected chi connectivity index (χ0v) is 17.2. The van der Waals surface area contributed by atoms with Crippen LogP contribution in [0.15, 0.2) is 17.5 Å². The second-order valence-corrected chi connectivity index (χ2v) is 9.62. The van der Waals surface area contributed by atoms with E-state index in [0.29, 0.717) is 16.4 Å². The summed E-state index contributed by atoms with van der Waals surface area (Å²) < 4.78 is 0. The summed E-state index contributed by atoms with van der Waals surface area (Å²) in [5.74, 6) is 0.643. The van der Waals surface area contributed by atoms with Gasteiger partial charge in [-0.2, -0.15) is 0 Å². The Hall–Kier alpha value is -1.32. The molecule has 134 valence electrons. The van der Waals surface area contributed by atoms with Gasteiger partial charge in [0.25, 0.3) is 5.91 Å². The molecule has 1 amide bonds. The van der Waals surface area contributed by atoms with Crippen LogP contribution in [0.2, 0.25) is 5.02 Å². The van der Waals surface area contributed by atoms with Crippen molar-refractivity contribution in [1.29, 1.82) is 0 Å². The van der Waals surface area contributed by atoms with E-state index in [1.54, 1.807) is 11.3 Å². The number of benzene rings is 1. The van der Waals surface area contributed by atoms with Gasteiger partial charge >= 0.3 is 0 Å². The number of thiophene rings is 1. The van der Waals surface area contributed by atoms with Crippen LogP contribution in [0.3, 0.4) is 0 Å². The second kappa shape index (κ2) is 6.77. The number of hydrogen-bond donors (Lipinski definition) is 1. The van der Waals surface area contributed by atoms with E-state index in [9.17, 15) is 4.79 Å². The van der Waals surface area contributed by atoms with Crippen molar-refractivity contribution in [2.75, 3.05) is 5.32 Å². The highest BCUT2D eigenvalue weighted by Gasteiger charge is 2.31. The Morgan fingerprint density at radius 2 is 2.00 bits per heavy atom. The lowest BCUT2D eigenvalue weighted by Gasteiger charge is -2.34. The number of nitrogens with one attached hydrogen (secondary N) is 1. The molecule has 0 radical (unpaired) electrons. The summed E-state index contributed by atoms with van der Waals surface area (Å²) in [7, 11) is 0. The molecule has 1 aliphatic rings. The van der Waals surface area contributed by atoms with Crippen LogP contribution in [0.1, 0.15) is 59.1 Å². The minimum absolute atomic E-state index is 0.0411. The van der Waals surface area contributed by atoms with E-state index in [1.165, 1.54) is 10.4 Å². The third-order valence-electron chi connectivity index (χ3n) is 5.29. The van der Waals surface area contributed by atoms with Crippen molar-refractivity contribution in [3.8, 4) is 0 Å². The van der Waals surface area contributed by atoms with E-state index in [2.05, 4.69) is 26.1 Å². The molecule has 0 fully saturated rings. The predicted octanol–water partition coefficient (Wildman–Crippen LogP) is 6.42. The fourth-order valence-electron chi connectivity index (χ4n) is 3.70. The first-order chi connectivity index (χ1) is 11.7. The van der Waals surface area contributed by atoms with Gasteiger partial charge in [-0.3, -0.25) is 4.79 Å². The lowest BCUT2D eigenvalue weighted by Crippen LogP contribution is -2.27. The van der Waals surface area contributed by atoms with Gasteiger partial charge < -0.3 is 5.32 Å². The predicted molar refractivity (Wildman–Crippen MR) is 108 cm³/mol. The molecule has 3 rings (SSSR count). The van der Waals surface area contributed by atoms with Crippen LogP contribution in [0.25, 0.3) is 0 Å². The zero-order chi connectivity index (χ0) is 18.4. The molecule has 2 aromatic rings. The van der Waals surface area contributed by atoms with Gasteiger partial charge in [-0.1, -0.05) is 38.4 Å². The Kier molecular flexibility index (Phi) is 5.00. The van der Waals surface area contributed by atoms with E-state index in [4.69, 9.17) is 11.6 Å². The molecule has 1 heterocycles. The van der Waals surface area contributed by atoms with E-state index in [-0.39, 0.29) is 5.91 Å². The van der Waals surface area contributed by atoms with Crippen molar-refractivity contribution >= 4 is 34.5 Å². The van der Waals surface area contributed by atoms with Crippen molar-refractivity contribution in [1.82, 2.24) is 0 Å². The van der Waals surface area contributed by atoms with Gasteiger partial charge in [-0.15, -0.1) is 11.3 Å². The van der Waals surface area contributed by atoms with Crippen molar-refractivity contribution in [2.45, 2.75) is 53.9 Å². The molecule has 4 heteroatoms. The summed E-state index contributed by atoms with van der Waals surface area (Å²) in [5.41, 5.74) is 5.20. The maximum Gasteiger partial charge on any atom is 0.256 e. The lowest BCUT2D eigenvalue weighted by atomic mass is 9.72. The van der Waals surface area contributed by atoms with Gasteiger partial charge in [-0.05, 0) is 67.2 Å². The van der Waals surface area contributed by atoms with Crippen LogP contribution in [0.4, 0.5) is 5.69 Å². The SMILES string of the molecule is Cc1cc(C)c(NC(=O)c2csc3c2CCC(C(C)(C)C)C3)c(Cl)c1. The summed E-state index contributed by atoms with van der Waals surface area (Å²) in [6, 6.07) is 3.93. The van der Waals surface area contributed by atoms with Gasteiger partial charge in [-0.25, -0.2) is 0 Å². The van der Waals surface area contributed by atoms with Gasteiger partial charge in [0.1, 0.15) is 0 Å². The summed E-state index contributed by atoms with van der Waals surface area (Å²) in [6.45, 7) is 10.9. The Morgan fingerprint density at radius 1 is 1.28 bits per heavy atom. The fourth-order valence-corrected chi connectivity index (χ4v) is 5.23. The van der Waals surface area contributed by atoms with Gasteiger partial charge in [0.05, 0.1) is 16.3 Å². The Bertz CT molecular complexity index is 793. The summed E-state index contributed by atoms with van der Waals surface area (Å²) in [5, 5.41) is 5.65. The van der Waals surface area contributed by atoms with Crippen molar-refractivity contribution in [3.05, 3.63) is 49.7 Å². The first-order valence-electron chi connectivity index (χ1n) is 8.84. The fraction of sp³-hybridized carbons (Fsp3) is 0.476. The van der Waals surface area contributed by atoms with Crippen LogP contribution in [0.5, 0.6) is 0 Å². The number of carbonyl (C=O) groups is 1. The molecule has 1 aliphatic carbocycles. The molecule has 1 aromatic carbocycles.